The van der Waals surface area contributed by atoms with E-state index in [1.165, 1.54) is 89.2 Å². The van der Waals surface area contributed by atoms with E-state index in [9.17, 15) is 19.2 Å². The zero-order valence-electron chi connectivity index (χ0n) is 25.9. The van der Waals surface area contributed by atoms with Gasteiger partial charge in [0.15, 0.2) is 0 Å². The fourth-order valence-corrected chi connectivity index (χ4v) is 4.33. The molecule has 3 N–H and O–H groups in total. The zero-order valence-corrected chi connectivity index (χ0v) is 25.9. The topological polar surface area (TPSA) is 123 Å². The van der Waals surface area contributed by atoms with Gasteiger partial charge in [-0.15, -0.1) is 0 Å². The summed E-state index contributed by atoms with van der Waals surface area (Å²) in [7, 11) is 1.29. The van der Waals surface area contributed by atoms with Gasteiger partial charge >= 0.3 is 11.9 Å². The number of benzene rings is 1. The van der Waals surface area contributed by atoms with Crippen molar-refractivity contribution in [3.63, 3.8) is 0 Å². The Hall–Kier alpha value is -2.94. The molecule has 0 bridgehead atoms. The van der Waals surface area contributed by atoms with E-state index in [4.69, 9.17) is 4.74 Å². The molecule has 1 atom stereocenters. The predicted molar refractivity (Wildman–Crippen MR) is 162 cm³/mol. The molecule has 1 aromatic rings. The van der Waals surface area contributed by atoms with Crippen molar-refractivity contribution in [2.45, 2.75) is 116 Å². The number of methoxy groups -OCH3 is 1. The van der Waals surface area contributed by atoms with Gasteiger partial charge < -0.3 is 25.4 Å². The normalized spacial score (nSPS) is 11.9. The Labute approximate surface area is 246 Å². The number of carbonyl (C=O) groups is 4. The molecule has 0 fully saturated rings. The number of unbranched alkanes of at least 4 members (excludes halogenated alkanes) is 11. The van der Waals surface area contributed by atoms with Gasteiger partial charge in [-0.3, -0.25) is 14.4 Å². The van der Waals surface area contributed by atoms with E-state index in [2.05, 4.69) is 27.6 Å². The van der Waals surface area contributed by atoms with Gasteiger partial charge in [-0.2, -0.15) is 0 Å². The van der Waals surface area contributed by atoms with Crippen LogP contribution in [0.15, 0.2) is 24.3 Å². The molecular weight excluding hydrogens is 522 g/mol. The van der Waals surface area contributed by atoms with Crippen LogP contribution in [-0.4, -0.2) is 62.1 Å². The lowest BCUT2D eigenvalue weighted by molar-refractivity contribution is -0.154. The Kier molecular flexibility index (Phi) is 18.4. The van der Waals surface area contributed by atoms with E-state index in [0.717, 1.165) is 19.3 Å². The Bertz CT molecular complexity index is 911. The van der Waals surface area contributed by atoms with Crippen LogP contribution in [0, 0.1) is 0 Å². The molecule has 41 heavy (non-hydrogen) atoms. The lowest BCUT2D eigenvalue weighted by atomic mass is 10.1. The molecule has 0 aromatic heterocycles. The standard InChI is InChI=1S/C32H53N3O6/c1-6-7-8-9-10-11-12-13-14-15-16-17-22-33-27(30(38)35-24-28(36)41-32(2,3)4)23-34-29(37)25-18-20-26(21-19-25)31(39)40-5/h18-21,27,33H,6-17,22-24H2,1-5H3,(H,34,37)(H,35,38)/t27-/m0/s1. The van der Waals surface area contributed by atoms with Crippen LogP contribution in [0.5, 0.6) is 0 Å². The SMILES string of the molecule is CCCCCCCCCCCCCCN[C@@H](CNC(=O)c1ccc(C(=O)OC)cc1)C(=O)NCC(=O)OC(C)(C)C. The zero-order chi connectivity index (χ0) is 30.5. The third kappa shape index (κ3) is 17.5. The molecule has 1 rings (SSSR count). The molecule has 0 heterocycles. The highest BCUT2D eigenvalue weighted by molar-refractivity contribution is 5.96. The van der Waals surface area contributed by atoms with Crippen molar-refractivity contribution < 1.29 is 28.7 Å². The Balaban J connectivity index is 2.49. The minimum Gasteiger partial charge on any atom is -0.465 e. The highest BCUT2D eigenvalue weighted by Crippen LogP contribution is 2.12. The summed E-state index contributed by atoms with van der Waals surface area (Å²) in [5.41, 5.74) is 0.0462. The van der Waals surface area contributed by atoms with Gasteiger partial charge in [0.2, 0.25) is 5.91 Å². The first kappa shape index (κ1) is 36.1. The summed E-state index contributed by atoms with van der Waals surface area (Å²) in [5, 5.41) is 8.61. The highest BCUT2D eigenvalue weighted by Gasteiger charge is 2.22. The molecule has 1 aromatic carbocycles. The molecule has 0 saturated carbocycles. The predicted octanol–water partition coefficient (Wildman–Crippen LogP) is 5.32. The summed E-state index contributed by atoms with van der Waals surface area (Å²) >= 11 is 0. The monoisotopic (exact) mass is 575 g/mol. The molecule has 0 aliphatic carbocycles. The molecule has 0 radical (unpaired) electrons. The number of hydrogen-bond donors (Lipinski definition) is 3. The van der Waals surface area contributed by atoms with Crippen LogP contribution in [0.2, 0.25) is 0 Å². The molecule has 9 nitrogen and oxygen atoms in total. The van der Waals surface area contributed by atoms with Crippen LogP contribution in [-0.2, 0) is 19.1 Å². The van der Waals surface area contributed by atoms with Crippen LogP contribution in [0.25, 0.3) is 0 Å². The molecule has 0 unspecified atom stereocenters. The van der Waals surface area contributed by atoms with Crippen molar-refractivity contribution in [3.05, 3.63) is 35.4 Å². The summed E-state index contributed by atoms with van der Waals surface area (Å²) in [6, 6.07) is 5.36. The number of rotatable bonds is 21. The lowest BCUT2D eigenvalue weighted by Gasteiger charge is -2.21. The molecule has 2 amide bonds. The van der Waals surface area contributed by atoms with Crippen LogP contribution in [0.4, 0.5) is 0 Å². The minimum absolute atomic E-state index is 0.0377. The van der Waals surface area contributed by atoms with E-state index >= 15 is 0 Å². The van der Waals surface area contributed by atoms with Gasteiger partial charge in [0.1, 0.15) is 18.2 Å². The van der Waals surface area contributed by atoms with Crippen molar-refractivity contribution in [2.75, 3.05) is 26.7 Å². The minimum atomic E-state index is -0.719. The molecule has 0 saturated heterocycles. The second kappa shape index (κ2) is 20.9. The van der Waals surface area contributed by atoms with Crippen molar-refractivity contribution in [2.24, 2.45) is 0 Å². The average molecular weight is 576 g/mol. The maximum atomic E-state index is 12.9. The van der Waals surface area contributed by atoms with Crippen LogP contribution in [0.3, 0.4) is 0 Å². The molecule has 9 heteroatoms. The van der Waals surface area contributed by atoms with Crippen LogP contribution < -0.4 is 16.0 Å². The van der Waals surface area contributed by atoms with Crippen molar-refractivity contribution >= 4 is 23.8 Å². The van der Waals surface area contributed by atoms with Crippen molar-refractivity contribution in [1.82, 2.24) is 16.0 Å². The Morgan fingerprint density at radius 2 is 1.27 bits per heavy atom. The third-order valence-electron chi connectivity index (χ3n) is 6.60. The first-order valence-corrected chi connectivity index (χ1v) is 15.3. The van der Waals surface area contributed by atoms with E-state index in [1.54, 1.807) is 20.8 Å². The van der Waals surface area contributed by atoms with Gasteiger partial charge in [-0.05, 0) is 58.0 Å². The smallest absolute Gasteiger partial charge is 0.337 e. The van der Waals surface area contributed by atoms with E-state index in [1.807, 2.05) is 0 Å². The number of nitrogens with one attached hydrogen (secondary N) is 3. The summed E-state index contributed by atoms with van der Waals surface area (Å²) in [4.78, 5) is 49.2. The van der Waals surface area contributed by atoms with E-state index in [-0.39, 0.29) is 19.0 Å². The van der Waals surface area contributed by atoms with Gasteiger partial charge in [0, 0.05) is 12.1 Å². The number of esters is 2. The quantitative estimate of drug-likeness (QED) is 0.134. The Morgan fingerprint density at radius 1 is 0.756 bits per heavy atom. The third-order valence-corrected chi connectivity index (χ3v) is 6.60. The van der Waals surface area contributed by atoms with Gasteiger partial charge in [-0.25, -0.2) is 4.79 Å². The first-order valence-electron chi connectivity index (χ1n) is 15.3. The molecule has 0 aliphatic heterocycles. The van der Waals surface area contributed by atoms with E-state index in [0.29, 0.717) is 17.7 Å². The molecule has 0 spiro atoms. The fourth-order valence-electron chi connectivity index (χ4n) is 4.33. The molecule has 0 aliphatic rings. The van der Waals surface area contributed by atoms with E-state index < -0.39 is 29.5 Å². The summed E-state index contributed by atoms with van der Waals surface area (Å²) in [6.07, 6.45) is 14.9. The number of ether oxygens (including phenoxy) is 2. The van der Waals surface area contributed by atoms with Crippen molar-refractivity contribution in [3.8, 4) is 0 Å². The molecule has 232 valence electrons. The second-order valence-corrected chi connectivity index (χ2v) is 11.5. The Morgan fingerprint density at radius 3 is 1.78 bits per heavy atom. The fraction of sp³-hybridized carbons (Fsp3) is 0.688. The van der Waals surface area contributed by atoms with Crippen LogP contribution >= 0.6 is 0 Å². The largest absolute Gasteiger partial charge is 0.465 e. The van der Waals surface area contributed by atoms with Crippen LogP contribution in [0.1, 0.15) is 125 Å². The maximum absolute atomic E-state index is 12.9. The number of carbonyl (C=O) groups excluding carboxylic acids is 4. The summed E-state index contributed by atoms with van der Waals surface area (Å²) in [6.45, 7) is 7.93. The number of hydrogen-bond acceptors (Lipinski definition) is 7. The summed E-state index contributed by atoms with van der Waals surface area (Å²) < 4.78 is 9.95. The first-order chi connectivity index (χ1) is 19.6. The highest BCUT2D eigenvalue weighted by atomic mass is 16.6. The second-order valence-electron chi connectivity index (χ2n) is 11.5. The molecular formula is C32H53N3O6. The lowest BCUT2D eigenvalue weighted by Crippen LogP contribution is -2.52. The van der Waals surface area contributed by atoms with Crippen molar-refractivity contribution in [1.29, 1.82) is 0 Å². The summed E-state index contributed by atoms with van der Waals surface area (Å²) in [5.74, 6) is -1.78. The van der Waals surface area contributed by atoms with Gasteiger partial charge in [0.25, 0.3) is 5.91 Å². The van der Waals surface area contributed by atoms with Gasteiger partial charge in [-0.1, -0.05) is 77.6 Å². The van der Waals surface area contributed by atoms with Gasteiger partial charge in [0.05, 0.1) is 12.7 Å². The number of amides is 2. The maximum Gasteiger partial charge on any atom is 0.337 e. The average Bonchev–Trinajstić information content (AvgIpc) is 2.94.